The molecule has 2 aliphatic carbocycles. The van der Waals surface area contributed by atoms with Crippen LogP contribution < -0.4 is 11.3 Å². The highest BCUT2D eigenvalue weighted by Gasteiger charge is 2.43. The molecule has 0 amide bonds. The van der Waals surface area contributed by atoms with Crippen molar-refractivity contribution < 1.29 is 0 Å². The summed E-state index contributed by atoms with van der Waals surface area (Å²) in [5.41, 5.74) is 6.28. The van der Waals surface area contributed by atoms with Gasteiger partial charge in [-0.15, -0.1) is 0 Å². The summed E-state index contributed by atoms with van der Waals surface area (Å²) in [5.74, 6) is 1.98. The normalized spacial score (nSPS) is 19.2. The van der Waals surface area contributed by atoms with Gasteiger partial charge in [-0.05, 0) is 55.0 Å². The largest absolute Gasteiger partial charge is 0.385 e. The van der Waals surface area contributed by atoms with E-state index in [-0.39, 0.29) is 5.56 Å². The van der Waals surface area contributed by atoms with Crippen LogP contribution in [0, 0.1) is 11.8 Å². The Kier molecular flexibility index (Phi) is 2.25. The Morgan fingerprint density at radius 1 is 1.11 bits per heavy atom. The van der Waals surface area contributed by atoms with E-state index < -0.39 is 0 Å². The predicted molar refractivity (Wildman–Crippen MR) is 77.1 cm³/mol. The van der Waals surface area contributed by atoms with Crippen LogP contribution in [0.2, 0.25) is 0 Å². The summed E-state index contributed by atoms with van der Waals surface area (Å²) in [6.07, 6.45) is 5.00. The van der Waals surface area contributed by atoms with E-state index in [1.807, 2.05) is 34.9 Å². The minimum absolute atomic E-state index is 0.0967. The Morgan fingerprint density at radius 3 is 2.37 bits per heavy atom. The fourth-order valence-corrected chi connectivity index (χ4v) is 3.28. The Balaban J connectivity index is 1.95. The zero-order valence-electron chi connectivity index (χ0n) is 10.9. The second-order valence-corrected chi connectivity index (χ2v) is 6.00. The highest BCUT2D eigenvalue weighted by atomic mass is 16.1. The number of benzene rings is 1. The fraction of sp³-hybridized carbons (Fsp3) is 0.438. The van der Waals surface area contributed by atoms with E-state index in [1.54, 1.807) is 0 Å². The average molecular weight is 254 g/mol. The van der Waals surface area contributed by atoms with Crippen molar-refractivity contribution in [2.24, 2.45) is 11.8 Å². The average Bonchev–Trinajstić information content (AvgIpc) is 3.27. The third-order valence-corrected chi connectivity index (χ3v) is 4.50. The molecule has 1 aromatic carbocycles. The van der Waals surface area contributed by atoms with Crippen molar-refractivity contribution in [3.63, 3.8) is 0 Å². The summed E-state index contributed by atoms with van der Waals surface area (Å²) in [4.78, 5) is 12.7. The smallest absolute Gasteiger partial charge is 0.260 e. The Morgan fingerprint density at radius 2 is 1.74 bits per heavy atom. The second kappa shape index (κ2) is 3.86. The first kappa shape index (κ1) is 11.1. The maximum absolute atomic E-state index is 12.7. The molecule has 4 rings (SSSR count). The molecule has 2 saturated carbocycles. The van der Waals surface area contributed by atoms with E-state index in [2.05, 4.69) is 0 Å². The summed E-state index contributed by atoms with van der Waals surface area (Å²) in [5, 5.41) is 1.74. The fourth-order valence-electron chi connectivity index (χ4n) is 3.28. The van der Waals surface area contributed by atoms with E-state index in [0.717, 1.165) is 10.8 Å². The molecule has 1 heterocycles. The molecule has 0 radical (unpaired) electrons. The minimum Gasteiger partial charge on any atom is -0.385 e. The van der Waals surface area contributed by atoms with Crippen LogP contribution in [0.5, 0.6) is 0 Å². The first-order valence-corrected chi connectivity index (χ1v) is 7.15. The molecule has 1 aromatic heterocycles. The van der Waals surface area contributed by atoms with E-state index in [1.165, 1.54) is 25.7 Å². The zero-order valence-corrected chi connectivity index (χ0v) is 10.9. The molecule has 2 fully saturated rings. The number of rotatable bonds is 3. The molecule has 0 unspecified atom stereocenters. The standard InChI is InChI=1S/C16H18N2O/c17-14-9-12-3-1-2-4-13(12)16(19)18(14)15(10-5-6-10)11-7-8-11/h1-4,9-11,15H,5-8,17H2. The van der Waals surface area contributed by atoms with Crippen LogP contribution in [-0.4, -0.2) is 4.57 Å². The number of aromatic nitrogens is 1. The van der Waals surface area contributed by atoms with E-state index in [9.17, 15) is 4.79 Å². The summed E-state index contributed by atoms with van der Waals surface area (Å²) in [6.45, 7) is 0. The minimum atomic E-state index is 0.0967. The van der Waals surface area contributed by atoms with Crippen LogP contribution in [0.1, 0.15) is 31.7 Å². The lowest BCUT2D eigenvalue weighted by Crippen LogP contribution is -2.29. The van der Waals surface area contributed by atoms with Gasteiger partial charge in [0, 0.05) is 11.4 Å². The molecule has 0 atom stereocenters. The Labute approximate surface area is 112 Å². The van der Waals surface area contributed by atoms with Gasteiger partial charge in [0.1, 0.15) is 5.82 Å². The zero-order chi connectivity index (χ0) is 13.0. The van der Waals surface area contributed by atoms with Gasteiger partial charge in [-0.25, -0.2) is 0 Å². The molecule has 2 aliphatic rings. The van der Waals surface area contributed by atoms with Crippen molar-refractivity contribution in [3.05, 3.63) is 40.7 Å². The van der Waals surface area contributed by atoms with Gasteiger partial charge in [0.15, 0.2) is 0 Å². The van der Waals surface area contributed by atoms with Crippen LogP contribution in [0.4, 0.5) is 5.82 Å². The van der Waals surface area contributed by atoms with Crippen molar-refractivity contribution in [1.29, 1.82) is 0 Å². The molecule has 0 bridgehead atoms. The quantitative estimate of drug-likeness (QED) is 0.915. The lowest BCUT2D eigenvalue weighted by Gasteiger charge is -2.22. The van der Waals surface area contributed by atoms with Crippen LogP contribution >= 0.6 is 0 Å². The number of anilines is 1. The third-order valence-electron chi connectivity index (χ3n) is 4.50. The highest BCUT2D eigenvalue weighted by molar-refractivity contribution is 5.83. The van der Waals surface area contributed by atoms with E-state index >= 15 is 0 Å². The second-order valence-electron chi connectivity index (χ2n) is 6.00. The van der Waals surface area contributed by atoms with E-state index in [4.69, 9.17) is 5.73 Å². The van der Waals surface area contributed by atoms with Gasteiger partial charge in [-0.2, -0.15) is 0 Å². The van der Waals surface area contributed by atoms with Gasteiger partial charge >= 0.3 is 0 Å². The van der Waals surface area contributed by atoms with Crippen LogP contribution in [-0.2, 0) is 0 Å². The molecule has 3 heteroatoms. The number of hydrogen-bond acceptors (Lipinski definition) is 2. The van der Waals surface area contributed by atoms with Crippen LogP contribution in [0.15, 0.2) is 35.1 Å². The lowest BCUT2D eigenvalue weighted by molar-refractivity contribution is 0.391. The lowest BCUT2D eigenvalue weighted by atomic mass is 10.1. The van der Waals surface area contributed by atoms with E-state index in [0.29, 0.717) is 23.7 Å². The molecule has 98 valence electrons. The number of nitrogen functional groups attached to an aromatic ring is 1. The number of fused-ring (bicyclic) bond motifs is 1. The molecule has 2 aromatic rings. The van der Waals surface area contributed by atoms with Crippen molar-refractivity contribution >= 4 is 16.6 Å². The molecule has 2 N–H and O–H groups in total. The topological polar surface area (TPSA) is 48.0 Å². The number of hydrogen-bond donors (Lipinski definition) is 1. The maximum atomic E-state index is 12.7. The summed E-state index contributed by atoms with van der Waals surface area (Å²) in [7, 11) is 0. The molecular formula is C16H18N2O. The monoisotopic (exact) mass is 254 g/mol. The summed E-state index contributed by atoms with van der Waals surface area (Å²) < 4.78 is 1.89. The Hall–Kier alpha value is -1.77. The molecule has 0 aliphatic heterocycles. The van der Waals surface area contributed by atoms with Gasteiger partial charge in [0.2, 0.25) is 0 Å². The van der Waals surface area contributed by atoms with Gasteiger partial charge in [0.25, 0.3) is 5.56 Å². The molecule has 0 saturated heterocycles. The van der Waals surface area contributed by atoms with Gasteiger partial charge in [0.05, 0.1) is 0 Å². The summed E-state index contributed by atoms with van der Waals surface area (Å²) in [6, 6.07) is 10.0. The number of pyridine rings is 1. The number of nitrogens with zero attached hydrogens (tertiary/aromatic N) is 1. The first-order chi connectivity index (χ1) is 9.25. The van der Waals surface area contributed by atoms with Crippen molar-refractivity contribution in [2.45, 2.75) is 31.7 Å². The highest BCUT2D eigenvalue weighted by Crippen LogP contribution is 2.52. The van der Waals surface area contributed by atoms with Gasteiger partial charge < -0.3 is 5.73 Å². The third kappa shape index (κ3) is 1.76. The van der Waals surface area contributed by atoms with Crippen molar-refractivity contribution in [2.75, 3.05) is 5.73 Å². The molecule has 19 heavy (non-hydrogen) atoms. The summed E-state index contributed by atoms with van der Waals surface area (Å²) >= 11 is 0. The van der Waals surface area contributed by atoms with Crippen LogP contribution in [0.25, 0.3) is 10.8 Å². The van der Waals surface area contributed by atoms with Gasteiger partial charge in [-0.1, -0.05) is 18.2 Å². The van der Waals surface area contributed by atoms with Crippen molar-refractivity contribution in [1.82, 2.24) is 4.57 Å². The molecule has 3 nitrogen and oxygen atoms in total. The van der Waals surface area contributed by atoms with Crippen molar-refractivity contribution in [3.8, 4) is 0 Å². The SMILES string of the molecule is Nc1cc2ccccc2c(=O)n1C(C1CC1)C1CC1. The molecular weight excluding hydrogens is 236 g/mol. The number of nitrogens with two attached hydrogens (primary N) is 1. The first-order valence-electron chi connectivity index (χ1n) is 7.15. The molecule has 0 spiro atoms. The van der Waals surface area contributed by atoms with Gasteiger partial charge in [-0.3, -0.25) is 9.36 Å². The Bertz CT molecular complexity index is 683. The van der Waals surface area contributed by atoms with Crippen LogP contribution in [0.3, 0.4) is 0 Å². The maximum Gasteiger partial charge on any atom is 0.260 e. The predicted octanol–water partition coefficient (Wildman–Crippen LogP) is 2.94.